The van der Waals surface area contributed by atoms with Crippen molar-refractivity contribution in [2.24, 2.45) is 5.92 Å². The summed E-state index contributed by atoms with van der Waals surface area (Å²) < 4.78 is 0. The van der Waals surface area contributed by atoms with Gasteiger partial charge in [-0.25, -0.2) is 0 Å². The number of hydrogen-bond acceptors (Lipinski definition) is 2. The molecule has 0 aromatic heterocycles. The molecule has 0 saturated heterocycles. The molecule has 0 fully saturated rings. The summed E-state index contributed by atoms with van der Waals surface area (Å²) in [6.45, 7) is 5.96. The zero-order chi connectivity index (χ0) is 10.8. The largest absolute Gasteiger partial charge is 0.385 e. The summed E-state index contributed by atoms with van der Waals surface area (Å²) in [6, 6.07) is 8.04. The van der Waals surface area contributed by atoms with Crippen molar-refractivity contribution < 1.29 is 5.11 Å². The summed E-state index contributed by atoms with van der Waals surface area (Å²) in [6.07, 6.45) is 2.04. The Morgan fingerprint density at radius 3 is 2.36 bits per heavy atom. The van der Waals surface area contributed by atoms with Gasteiger partial charge in [-0.2, -0.15) is 0 Å². The Hall–Kier alpha value is -0.470. The average Bonchev–Trinajstić information content (AvgIpc) is 2.17. The molecule has 0 aliphatic rings. The van der Waals surface area contributed by atoms with Crippen LogP contribution in [-0.2, 0) is 5.60 Å². The number of thioether (sulfide) groups is 1. The van der Waals surface area contributed by atoms with Crippen molar-refractivity contribution >= 4 is 11.8 Å². The highest BCUT2D eigenvalue weighted by atomic mass is 32.2. The van der Waals surface area contributed by atoms with Crippen molar-refractivity contribution in [3.05, 3.63) is 29.8 Å². The van der Waals surface area contributed by atoms with Crippen LogP contribution in [0.15, 0.2) is 29.2 Å². The smallest absolute Gasteiger partial charge is 0.0902 e. The van der Waals surface area contributed by atoms with Crippen LogP contribution in [-0.4, -0.2) is 11.4 Å². The standard InChI is InChI=1S/C12H18OS/c1-9(2)12(3,13)10-7-5-6-8-11(10)14-4/h5-9,13H,1-4H3. The van der Waals surface area contributed by atoms with Gasteiger partial charge in [0.05, 0.1) is 5.60 Å². The molecule has 0 aliphatic carbocycles. The van der Waals surface area contributed by atoms with E-state index in [0.717, 1.165) is 10.5 Å². The first-order valence-electron chi connectivity index (χ1n) is 4.86. The molecule has 0 saturated carbocycles. The molecule has 0 spiro atoms. The van der Waals surface area contributed by atoms with E-state index in [-0.39, 0.29) is 5.92 Å². The third kappa shape index (κ3) is 2.12. The molecular formula is C12H18OS. The zero-order valence-corrected chi connectivity index (χ0v) is 10.1. The van der Waals surface area contributed by atoms with E-state index in [1.54, 1.807) is 11.8 Å². The Balaban J connectivity index is 3.17. The summed E-state index contributed by atoms with van der Waals surface area (Å²) in [5, 5.41) is 10.4. The van der Waals surface area contributed by atoms with Gasteiger partial charge in [-0.05, 0) is 30.7 Å². The highest BCUT2D eigenvalue weighted by molar-refractivity contribution is 7.98. The topological polar surface area (TPSA) is 20.2 Å². The molecule has 0 radical (unpaired) electrons. The molecule has 1 unspecified atom stereocenters. The molecule has 0 bridgehead atoms. The van der Waals surface area contributed by atoms with E-state index in [4.69, 9.17) is 0 Å². The Morgan fingerprint density at radius 1 is 1.29 bits per heavy atom. The minimum absolute atomic E-state index is 0.218. The fourth-order valence-electron chi connectivity index (χ4n) is 1.37. The molecule has 0 aliphatic heterocycles. The molecule has 1 atom stereocenters. The monoisotopic (exact) mass is 210 g/mol. The molecule has 1 rings (SSSR count). The Morgan fingerprint density at radius 2 is 1.86 bits per heavy atom. The van der Waals surface area contributed by atoms with Crippen molar-refractivity contribution in [2.75, 3.05) is 6.26 Å². The number of hydrogen-bond donors (Lipinski definition) is 1. The predicted molar refractivity (Wildman–Crippen MR) is 62.6 cm³/mol. The predicted octanol–water partition coefficient (Wildman–Crippen LogP) is 3.27. The first-order chi connectivity index (χ1) is 6.50. The van der Waals surface area contributed by atoms with E-state index in [0.29, 0.717) is 0 Å². The third-order valence-electron chi connectivity index (χ3n) is 2.78. The van der Waals surface area contributed by atoms with Crippen LogP contribution in [0.4, 0.5) is 0 Å². The van der Waals surface area contributed by atoms with Crippen LogP contribution in [0.2, 0.25) is 0 Å². The van der Waals surface area contributed by atoms with Crippen LogP contribution in [0.1, 0.15) is 26.3 Å². The van der Waals surface area contributed by atoms with Crippen LogP contribution in [0.5, 0.6) is 0 Å². The molecule has 1 aromatic carbocycles. The lowest BCUT2D eigenvalue weighted by atomic mass is 9.85. The number of aliphatic hydroxyl groups is 1. The van der Waals surface area contributed by atoms with E-state index in [9.17, 15) is 5.11 Å². The summed E-state index contributed by atoms with van der Waals surface area (Å²) in [5.41, 5.74) is 0.294. The first kappa shape index (κ1) is 11.6. The summed E-state index contributed by atoms with van der Waals surface area (Å²) in [7, 11) is 0. The van der Waals surface area contributed by atoms with Gasteiger partial charge in [-0.15, -0.1) is 11.8 Å². The lowest BCUT2D eigenvalue weighted by molar-refractivity contribution is 0.00656. The Kier molecular flexibility index (Phi) is 3.62. The van der Waals surface area contributed by atoms with Crippen molar-refractivity contribution in [3.63, 3.8) is 0 Å². The molecule has 0 heterocycles. The van der Waals surface area contributed by atoms with Crippen molar-refractivity contribution in [1.82, 2.24) is 0 Å². The maximum Gasteiger partial charge on any atom is 0.0902 e. The van der Waals surface area contributed by atoms with Gasteiger partial charge in [0.25, 0.3) is 0 Å². The number of benzene rings is 1. The van der Waals surface area contributed by atoms with Crippen LogP contribution >= 0.6 is 11.8 Å². The highest BCUT2D eigenvalue weighted by Crippen LogP contribution is 2.34. The van der Waals surface area contributed by atoms with Gasteiger partial charge in [-0.3, -0.25) is 0 Å². The van der Waals surface area contributed by atoms with Gasteiger partial charge in [0.1, 0.15) is 0 Å². The van der Waals surface area contributed by atoms with Gasteiger partial charge in [-0.1, -0.05) is 32.0 Å². The highest BCUT2D eigenvalue weighted by Gasteiger charge is 2.29. The fraction of sp³-hybridized carbons (Fsp3) is 0.500. The van der Waals surface area contributed by atoms with E-state index < -0.39 is 5.60 Å². The van der Waals surface area contributed by atoms with Gasteiger partial charge >= 0.3 is 0 Å². The molecule has 1 nitrogen and oxygen atoms in total. The minimum atomic E-state index is -0.737. The van der Waals surface area contributed by atoms with Crippen LogP contribution < -0.4 is 0 Å². The zero-order valence-electron chi connectivity index (χ0n) is 9.24. The second-order valence-electron chi connectivity index (χ2n) is 4.00. The Bertz CT molecular complexity index is 305. The van der Waals surface area contributed by atoms with E-state index >= 15 is 0 Å². The molecular weight excluding hydrogens is 192 g/mol. The summed E-state index contributed by atoms with van der Waals surface area (Å²) in [5.74, 6) is 0.218. The van der Waals surface area contributed by atoms with Crippen LogP contribution in [0, 0.1) is 5.92 Å². The Labute approximate surface area is 90.5 Å². The van der Waals surface area contributed by atoms with E-state index in [2.05, 4.69) is 6.07 Å². The maximum absolute atomic E-state index is 10.4. The number of rotatable bonds is 3. The van der Waals surface area contributed by atoms with Crippen molar-refractivity contribution in [2.45, 2.75) is 31.3 Å². The minimum Gasteiger partial charge on any atom is -0.385 e. The van der Waals surface area contributed by atoms with Gasteiger partial charge in [0.2, 0.25) is 0 Å². The van der Waals surface area contributed by atoms with Crippen LogP contribution in [0.3, 0.4) is 0 Å². The van der Waals surface area contributed by atoms with E-state index in [1.165, 1.54) is 0 Å². The van der Waals surface area contributed by atoms with E-state index in [1.807, 2.05) is 45.2 Å². The molecule has 14 heavy (non-hydrogen) atoms. The van der Waals surface area contributed by atoms with Gasteiger partial charge in [0, 0.05) is 4.90 Å². The summed E-state index contributed by atoms with van der Waals surface area (Å²) >= 11 is 1.68. The van der Waals surface area contributed by atoms with Gasteiger partial charge < -0.3 is 5.11 Å². The summed E-state index contributed by atoms with van der Waals surface area (Å²) in [4.78, 5) is 1.16. The SMILES string of the molecule is CSc1ccccc1C(C)(O)C(C)C. The molecule has 0 amide bonds. The fourth-order valence-corrected chi connectivity index (χ4v) is 2.08. The molecule has 2 heteroatoms. The lowest BCUT2D eigenvalue weighted by Crippen LogP contribution is -2.28. The van der Waals surface area contributed by atoms with Crippen molar-refractivity contribution in [1.29, 1.82) is 0 Å². The molecule has 1 aromatic rings. The second-order valence-corrected chi connectivity index (χ2v) is 4.85. The second kappa shape index (κ2) is 4.37. The van der Waals surface area contributed by atoms with Crippen LogP contribution in [0.25, 0.3) is 0 Å². The molecule has 78 valence electrons. The van der Waals surface area contributed by atoms with Gasteiger partial charge in [0.15, 0.2) is 0 Å². The normalized spacial score (nSPS) is 15.6. The van der Waals surface area contributed by atoms with Crippen molar-refractivity contribution in [3.8, 4) is 0 Å². The lowest BCUT2D eigenvalue weighted by Gasteiger charge is -2.29. The molecule has 1 N–H and O–H groups in total. The first-order valence-corrected chi connectivity index (χ1v) is 6.08. The maximum atomic E-state index is 10.4. The average molecular weight is 210 g/mol. The third-order valence-corrected chi connectivity index (χ3v) is 3.57. The quantitative estimate of drug-likeness (QED) is 0.773.